The first-order chi connectivity index (χ1) is 10.3. The fourth-order valence-electron chi connectivity index (χ4n) is 3.20. The van der Waals surface area contributed by atoms with Gasteiger partial charge in [-0.1, -0.05) is 55.5 Å². The van der Waals surface area contributed by atoms with Crippen molar-refractivity contribution in [2.75, 3.05) is 0 Å². The first-order valence-electron chi connectivity index (χ1n) is 8.49. The van der Waals surface area contributed by atoms with Gasteiger partial charge in [-0.25, -0.2) is 0 Å². The molecule has 22 heavy (non-hydrogen) atoms. The molecule has 1 atom stereocenters. The van der Waals surface area contributed by atoms with Crippen molar-refractivity contribution in [2.24, 2.45) is 5.92 Å². The van der Waals surface area contributed by atoms with E-state index in [-0.39, 0.29) is 5.54 Å². The van der Waals surface area contributed by atoms with Crippen LogP contribution in [0, 0.1) is 5.92 Å². The Balaban J connectivity index is 2.43. The molecule has 0 bridgehead atoms. The molecule has 0 aromatic heterocycles. The molecule has 0 radical (unpaired) electrons. The minimum atomic E-state index is 0.104. The maximum absolute atomic E-state index is 3.88. The molecule has 1 nitrogen and oxygen atoms in total. The molecule has 0 aliphatic heterocycles. The Labute approximate surface area is 139 Å². The van der Waals surface area contributed by atoms with Crippen molar-refractivity contribution < 1.29 is 0 Å². The first kappa shape index (κ1) is 17.2. The molecule has 1 unspecified atom stereocenters. The van der Waals surface area contributed by atoms with Crippen LogP contribution in [0.15, 0.2) is 47.6 Å². The van der Waals surface area contributed by atoms with Gasteiger partial charge in [0.2, 0.25) is 0 Å². The number of benzene rings is 1. The largest absolute Gasteiger partial charge is 0.302 e. The molecule has 2 rings (SSSR count). The zero-order valence-electron chi connectivity index (χ0n) is 15.0. The summed E-state index contributed by atoms with van der Waals surface area (Å²) in [5.74, 6) is 0.703. The molecule has 2 heteroatoms. The van der Waals surface area contributed by atoms with Gasteiger partial charge in [0.25, 0.3) is 0 Å². The van der Waals surface area contributed by atoms with Crippen molar-refractivity contribution in [3.8, 4) is 0 Å². The van der Waals surface area contributed by atoms with Crippen LogP contribution in [0.1, 0.15) is 59.1 Å². The second kappa shape index (κ2) is 6.97. The average Bonchev–Trinajstić information content (AvgIpc) is 2.83. The highest BCUT2D eigenvalue weighted by Crippen LogP contribution is 2.35. The molecular formula is C20H31NSi. The van der Waals surface area contributed by atoms with Crippen molar-refractivity contribution in [2.45, 2.75) is 59.0 Å². The Morgan fingerprint density at radius 2 is 1.86 bits per heavy atom. The third-order valence-corrected chi connectivity index (χ3v) is 5.03. The third kappa shape index (κ3) is 4.44. The first-order valence-corrected chi connectivity index (χ1v) is 9.49. The van der Waals surface area contributed by atoms with Crippen molar-refractivity contribution in [1.29, 1.82) is 0 Å². The fourth-order valence-corrected chi connectivity index (χ4v) is 3.85. The zero-order valence-corrected chi connectivity index (χ0v) is 17.0. The predicted octanol–water partition coefficient (Wildman–Crippen LogP) is 3.41. The number of nitrogens with one attached hydrogen (secondary N) is 1. The van der Waals surface area contributed by atoms with Gasteiger partial charge in [-0.3, -0.25) is 0 Å². The highest BCUT2D eigenvalue weighted by atomic mass is 28.1. The number of hydrogen-bond acceptors (Lipinski definition) is 1. The van der Waals surface area contributed by atoms with Crippen LogP contribution in [0.4, 0.5) is 0 Å². The summed E-state index contributed by atoms with van der Waals surface area (Å²) >= 11 is 0. The topological polar surface area (TPSA) is 12.0 Å². The van der Waals surface area contributed by atoms with E-state index in [4.69, 9.17) is 0 Å². The number of rotatable bonds is 5. The van der Waals surface area contributed by atoms with Crippen LogP contribution in [0.5, 0.6) is 0 Å². The monoisotopic (exact) mass is 313 g/mol. The second-order valence-electron chi connectivity index (χ2n) is 7.94. The van der Waals surface area contributed by atoms with Gasteiger partial charge in [-0.2, -0.15) is 0 Å². The molecule has 0 saturated heterocycles. The Bertz CT molecular complexity index is 576. The SMILES string of the molecule is CC(C)CC1=C(C(NC(C)(C)C)c2ccccc2[SiH3])CC=C1. The van der Waals surface area contributed by atoms with Crippen molar-refractivity contribution >= 4 is 15.4 Å². The van der Waals surface area contributed by atoms with Gasteiger partial charge in [0.05, 0.1) is 6.04 Å². The van der Waals surface area contributed by atoms with E-state index < -0.39 is 0 Å². The van der Waals surface area contributed by atoms with Gasteiger partial charge in [0.1, 0.15) is 0 Å². The second-order valence-corrected chi connectivity index (χ2v) is 9.02. The minimum absolute atomic E-state index is 0.104. The number of hydrogen-bond donors (Lipinski definition) is 1. The lowest BCUT2D eigenvalue weighted by atomic mass is 9.90. The molecule has 1 N–H and O–H groups in total. The molecule has 0 fully saturated rings. The van der Waals surface area contributed by atoms with E-state index in [1.54, 1.807) is 11.1 Å². The molecule has 0 amide bonds. The van der Waals surface area contributed by atoms with Crippen LogP contribution in [0.3, 0.4) is 0 Å². The smallest absolute Gasteiger partial charge is 0.0547 e. The molecule has 1 aromatic rings. The van der Waals surface area contributed by atoms with Crippen molar-refractivity contribution in [3.05, 3.63) is 53.1 Å². The van der Waals surface area contributed by atoms with Gasteiger partial charge in [-0.05, 0) is 56.2 Å². The Hall–Kier alpha value is -1.12. The molecule has 1 aliphatic rings. The van der Waals surface area contributed by atoms with Crippen LogP contribution in [0.2, 0.25) is 0 Å². The quantitative estimate of drug-likeness (QED) is 0.822. The van der Waals surface area contributed by atoms with Crippen LogP contribution in [-0.4, -0.2) is 15.8 Å². The molecule has 0 heterocycles. The average molecular weight is 314 g/mol. The van der Waals surface area contributed by atoms with Gasteiger partial charge in [0.15, 0.2) is 0 Å². The Morgan fingerprint density at radius 3 is 2.45 bits per heavy atom. The van der Waals surface area contributed by atoms with Gasteiger partial charge >= 0.3 is 0 Å². The molecule has 120 valence electrons. The lowest BCUT2D eigenvalue weighted by Gasteiger charge is -2.32. The fraction of sp³-hybridized carbons (Fsp3) is 0.500. The zero-order chi connectivity index (χ0) is 16.3. The lowest BCUT2D eigenvalue weighted by Crippen LogP contribution is -2.41. The van der Waals surface area contributed by atoms with E-state index in [2.05, 4.69) is 76.4 Å². The van der Waals surface area contributed by atoms with E-state index in [0.29, 0.717) is 12.0 Å². The minimum Gasteiger partial charge on any atom is -0.302 e. The maximum Gasteiger partial charge on any atom is 0.0547 e. The van der Waals surface area contributed by atoms with Gasteiger partial charge in [0, 0.05) is 15.8 Å². The Kier molecular flexibility index (Phi) is 5.46. The van der Waals surface area contributed by atoms with Crippen molar-refractivity contribution in [3.63, 3.8) is 0 Å². The third-order valence-electron chi connectivity index (χ3n) is 4.12. The summed E-state index contributed by atoms with van der Waals surface area (Å²) in [6, 6.07) is 9.28. The van der Waals surface area contributed by atoms with Gasteiger partial charge in [-0.15, -0.1) is 0 Å². The Morgan fingerprint density at radius 1 is 1.18 bits per heavy atom. The molecule has 0 saturated carbocycles. The summed E-state index contributed by atoms with van der Waals surface area (Å²) in [5.41, 5.74) is 4.70. The molecule has 0 spiro atoms. The predicted molar refractivity (Wildman–Crippen MR) is 102 cm³/mol. The summed E-state index contributed by atoms with van der Waals surface area (Å²) in [4.78, 5) is 0. The van der Waals surface area contributed by atoms with Crippen LogP contribution in [-0.2, 0) is 0 Å². The van der Waals surface area contributed by atoms with Crippen LogP contribution in [0.25, 0.3) is 0 Å². The maximum atomic E-state index is 3.88. The summed E-state index contributed by atoms with van der Waals surface area (Å²) in [7, 11) is 1.09. The van der Waals surface area contributed by atoms with E-state index in [1.165, 1.54) is 17.2 Å². The highest BCUT2D eigenvalue weighted by molar-refractivity contribution is 6.33. The number of allylic oxidation sites excluding steroid dienone is 3. The summed E-state index contributed by atoms with van der Waals surface area (Å²) in [6.45, 7) is 11.4. The van der Waals surface area contributed by atoms with Crippen LogP contribution < -0.4 is 10.5 Å². The van der Waals surface area contributed by atoms with Crippen molar-refractivity contribution in [1.82, 2.24) is 5.32 Å². The highest BCUT2D eigenvalue weighted by Gasteiger charge is 2.26. The van der Waals surface area contributed by atoms with E-state index >= 15 is 0 Å². The van der Waals surface area contributed by atoms with E-state index in [9.17, 15) is 0 Å². The summed E-state index contributed by atoms with van der Waals surface area (Å²) in [5, 5.41) is 5.39. The van der Waals surface area contributed by atoms with Gasteiger partial charge < -0.3 is 5.32 Å². The van der Waals surface area contributed by atoms with Crippen LogP contribution >= 0.6 is 0 Å². The van der Waals surface area contributed by atoms with E-state index in [0.717, 1.165) is 16.7 Å². The molecular weight excluding hydrogens is 282 g/mol. The summed E-state index contributed by atoms with van der Waals surface area (Å²) in [6.07, 6.45) is 6.95. The molecule has 1 aliphatic carbocycles. The normalized spacial score (nSPS) is 16.8. The van der Waals surface area contributed by atoms with E-state index in [1.807, 2.05) is 0 Å². The standard InChI is InChI=1S/C20H31NSi/c1-14(2)13-15-9-8-11-16(15)19(21-20(3,4)5)17-10-6-7-12-18(17)22/h6-10,12,14,19,21H,11,13H2,1-5,22H3. The molecule has 1 aromatic carbocycles. The summed E-state index contributed by atoms with van der Waals surface area (Å²) < 4.78 is 0. The lowest BCUT2D eigenvalue weighted by molar-refractivity contribution is 0.385.